The molecule has 4 heteroatoms. The van der Waals surface area contributed by atoms with Gasteiger partial charge in [-0.15, -0.1) is 0 Å². The van der Waals surface area contributed by atoms with Crippen molar-refractivity contribution in [2.45, 2.75) is 39.7 Å². The van der Waals surface area contributed by atoms with Gasteiger partial charge in [0.05, 0.1) is 6.04 Å². The first-order valence-corrected chi connectivity index (χ1v) is 7.55. The molecule has 0 saturated carbocycles. The summed E-state index contributed by atoms with van der Waals surface area (Å²) >= 11 is 5.86. The Morgan fingerprint density at radius 3 is 2.35 bits per heavy atom. The first-order valence-electron chi connectivity index (χ1n) is 7.17. The van der Waals surface area contributed by atoms with Gasteiger partial charge in [-0.3, -0.25) is 4.79 Å². The van der Waals surface area contributed by atoms with E-state index in [9.17, 15) is 4.79 Å². The monoisotopic (exact) mass is 296 g/mol. The number of carbonyl (C=O) groups excluding carboxylic acids is 1. The molecule has 0 heterocycles. The quantitative estimate of drug-likeness (QED) is 0.809. The van der Waals surface area contributed by atoms with Crippen molar-refractivity contribution >= 4 is 17.5 Å². The van der Waals surface area contributed by atoms with E-state index in [0.29, 0.717) is 23.9 Å². The fraction of sp³-hybridized carbons (Fsp3) is 0.562. The van der Waals surface area contributed by atoms with Gasteiger partial charge in [0.2, 0.25) is 5.91 Å². The summed E-state index contributed by atoms with van der Waals surface area (Å²) in [6.07, 6.45) is 1.48. The van der Waals surface area contributed by atoms with Gasteiger partial charge < -0.3 is 11.1 Å². The smallest absolute Gasteiger partial charge is 0.220 e. The highest BCUT2D eigenvalue weighted by Crippen LogP contribution is 2.18. The Balaban J connectivity index is 2.50. The van der Waals surface area contributed by atoms with E-state index in [-0.39, 0.29) is 17.9 Å². The number of carbonyl (C=O) groups is 1. The van der Waals surface area contributed by atoms with Gasteiger partial charge in [-0.2, -0.15) is 0 Å². The minimum absolute atomic E-state index is 0.0164. The molecule has 0 fully saturated rings. The van der Waals surface area contributed by atoms with Crippen LogP contribution in [-0.4, -0.2) is 12.5 Å². The van der Waals surface area contributed by atoms with Crippen molar-refractivity contribution in [1.29, 1.82) is 0 Å². The molecule has 0 aliphatic rings. The number of hydrogen-bond acceptors (Lipinski definition) is 2. The lowest BCUT2D eigenvalue weighted by Crippen LogP contribution is -2.30. The molecule has 3 N–H and O–H groups in total. The van der Waals surface area contributed by atoms with Crippen LogP contribution in [0.1, 0.15) is 45.2 Å². The molecule has 2 atom stereocenters. The van der Waals surface area contributed by atoms with Crippen molar-refractivity contribution in [2.75, 3.05) is 6.54 Å². The average molecular weight is 297 g/mol. The zero-order valence-electron chi connectivity index (χ0n) is 12.5. The van der Waals surface area contributed by atoms with Gasteiger partial charge in [0.1, 0.15) is 0 Å². The zero-order valence-corrected chi connectivity index (χ0v) is 13.3. The van der Waals surface area contributed by atoms with E-state index >= 15 is 0 Å². The lowest BCUT2D eigenvalue weighted by atomic mass is 9.94. The first kappa shape index (κ1) is 17.0. The summed E-state index contributed by atoms with van der Waals surface area (Å²) in [5.41, 5.74) is 6.79. The third-order valence-corrected chi connectivity index (χ3v) is 3.61. The van der Waals surface area contributed by atoms with Crippen LogP contribution in [-0.2, 0) is 4.79 Å². The largest absolute Gasteiger partial charge is 0.350 e. The molecule has 0 aliphatic carbocycles. The van der Waals surface area contributed by atoms with Gasteiger partial charge in [0.15, 0.2) is 0 Å². The first-order chi connectivity index (χ1) is 9.42. The maximum atomic E-state index is 12.1. The molecule has 0 saturated heterocycles. The molecule has 1 rings (SSSR count). The number of amides is 1. The van der Waals surface area contributed by atoms with E-state index in [2.05, 4.69) is 19.2 Å². The molecule has 0 spiro atoms. The van der Waals surface area contributed by atoms with Crippen molar-refractivity contribution < 1.29 is 4.79 Å². The van der Waals surface area contributed by atoms with E-state index < -0.39 is 0 Å². The Labute approximate surface area is 126 Å². The molecule has 0 aromatic heterocycles. The minimum atomic E-state index is -0.0164. The van der Waals surface area contributed by atoms with E-state index in [0.717, 1.165) is 12.0 Å². The molecule has 0 aliphatic heterocycles. The Kier molecular flexibility index (Phi) is 7.03. The Morgan fingerprint density at radius 1 is 1.25 bits per heavy atom. The normalized spacial score (nSPS) is 14.1. The molecule has 1 aromatic rings. The molecule has 0 bridgehead atoms. The predicted molar refractivity (Wildman–Crippen MR) is 84.6 cm³/mol. The van der Waals surface area contributed by atoms with Gasteiger partial charge >= 0.3 is 0 Å². The Morgan fingerprint density at radius 2 is 1.85 bits per heavy atom. The van der Waals surface area contributed by atoms with E-state index in [4.69, 9.17) is 17.3 Å². The summed E-state index contributed by atoms with van der Waals surface area (Å²) in [5.74, 6) is 0.876. The number of rotatable bonds is 7. The Hall–Kier alpha value is -1.06. The lowest BCUT2D eigenvalue weighted by Gasteiger charge is -2.19. The highest BCUT2D eigenvalue weighted by Gasteiger charge is 2.16. The van der Waals surface area contributed by atoms with Crippen LogP contribution >= 0.6 is 11.6 Å². The van der Waals surface area contributed by atoms with Crippen molar-refractivity contribution in [2.24, 2.45) is 17.6 Å². The summed E-state index contributed by atoms with van der Waals surface area (Å²) in [4.78, 5) is 12.1. The second-order valence-electron chi connectivity index (χ2n) is 5.78. The van der Waals surface area contributed by atoms with Crippen LogP contribution < -0.4 is 11.1 Å². The fourth-order valence-electron chi connectivity index (χ4n) is 2.33. The Bertz CT molecular complexity index is 417. The highest BCUT2D eigenvalue weighted by molar-refractivity contribution is 6.30. The van der Waals surface area contributed by atoms with Crippen LogP contribution in [0.5, 0.6) is 0 Å². The van der Waals surface area contributed by atoms with Crippen LogP contribution in [0.4, 0.5) is 0 Å². The van der Waals surface area contributed by atoms with E-state index in [1.807, 2.05) is 31.2 Å². The number of halogens is 1. The van der Waals surface area contributed by atoms with Gasteiger partial charge in [-0.25, -0.2) is 0 Å². The van der Waals surface area contributed by atoms with Gasteiger partial charge in [0, 0.05) is 11.4 Å². The molecule has 3 nitrogen and oxygen atoms in total. The lowest BCUT2D eigenvalue weighted by molar-refractivity contribution is -0.122. The van der Waals surface area contributed by atoms with Crippen molar-refractivity contribution in [1.82, 2.24) is 5.32 Å². The second-order valence-corrected chi connectivity index (χ2v) is 6.21. The van der Waals surface area contributed by atoms with Crippen LogP contribution in [0, 0.1) is 11.8 Å². The van der Waals surface area contributed by atoms with Crippen molar-refractivity contribution in [3.05, 3.63) is 34.9 Å². The number of nitrogens with one attached hydrogen (secondary N) is 1. The van der Waals surface area contributed by atoms with Gasteiger partial charge in [0.25, 0.3) is 0 Å². The molecule has 1 unspecified atom stereocenters. The summed E-state index contributed by atoms with van der Waals surface area (Å²) < 4.78 is 0. The number of benzene rings is 1. The summed E-state index contributed by atoms with van der Waals surface area (Å²) in [5, 5.41) is 3.72. The van der Waals surface area contributed by atoms with Crippen LogP contribution in [0.15, 0.2) is 24.3 Å². The molecule has 0 radical (unpaired) electrons. The summed E-state index contributed by atoms with van der Waals surface area (Å²) in [6.45, 7) is 6.83. The van der Waals surface area contributed by atoms with Crippen LogP contribution in [0.25, 0.3) is 0 Å². The maximum absolute atomic E-state index is 12.1. The minimum Gasteiger partial charge on any atom is -0.350 e. The number of nitrogens with two attached hydrogens (primary N) is 1. The molecule has 1 aromatic carbocycles. The third kappa shape index (κ3) is 5.93. The molecule has 20 heavy (non-hydrogen) atoms. The average Bonchev–Trinajstić information content (AvgIpc) is 2.37. The van der Waals surface area contributed by atoms with E-state index in [1.54, 1.807) is 0 Å². The maximum Gasteiger partial charge on any atom is 0.220 e. The van der Waals surface area contributed by atoms with Gasteiger partial charge in [-0.1, -0.05) is 37.6 Å². The fourth-order valence-corrected chi connectivity index (χ4v) is 2.45. The predicted octanol–water partition coefficient (Wildman–Crippen LogP) is 3.53. The molecular weight excluding hydrogens is 272 g/mol. The SMILES string of the molecule is CC(C)C[C@H](CN)CC(=O)NC(C)c1ccc(Cl)cc1. The van der Waals surface area contributed by atoms with Crippen LogP contribution in [0.2, 0.25) is 5.02 Å². The summed E-state index contributed by atoms with van der Waals surface area (Å²) in [7, 11) is 0. The van der Waals surface area contributed by atoms with Crippen molar-refractivity contribution in [3.63, 3.8) is 0 Å². The van der Waals surface area contributed by atoms with Crippen LogP contribution in [0.3, 0.4) is 0 Å². The standard InChI is InChI=1S/C16H25ClN2O/c1-11(2)8-13(10-18)9-16(20)19-12(3)14-4-6-15(17)7-5-14/h4-7,11-13H,8-10,18H2,1-3H3,(H,19,20)/t12?,13-/m0/s1. The topological polar surface area (TPSA) is 55.1 Å². The molecule has 1 amide bonds. The zero-order chi connectivity index (χ0) is 15.1. The summed E-state index contributed by atoms with van der Waals surface area (Å²) in [6, 6.07) is 7.52. The van der Waals surface area contributed by atoms with E-state index in [1.165, 1.54) is 0 Å². The van der Waals surface area contributed by atoms with Gasteiger partial charge in [-0.05, 0) is 49.4 Å². The van der Waals surface area contributed by atoms with Crippen molar-refractivity contribution in [3.8, 4) is 0 Å². The third-order valence-electron chi connectivity index (χ3n) is 3.36. The molecular formula is C16H25ClN2O. The highest BCUT2D eigenvalue weighted by atomic mass is 35.5. The second kappa shape index (κ2) is 8.28. The number of hydrogen-bond donors (Lipinski definition) is 2. The molecule has 112 valence electrons.